The number of rotatable bonds is 6. The molecule has 0 radical (unpaired) electrons. The van der Waals surface area contributed by atoms with E-state index in [4.69, 9.17) is 0 Å². The van der Waals surface area contributed by atoms with Gasteiger partial charge in [-0.25, -0.2) is 9.78 Å². The van der Waals surface area contributed by atoms with Crippen LogP contribution in [0.3, 0.4) is 0 Å². The van der Waals surface area contributed by atoms with Gasteiger partial charge in [0.15, 0.2) is 0 Å². The molecule has 0 saturated heterocycles. The van der Waals surface area contributed by atoms with Crippen molar-refractivity contribution in [3.05, 3.63) is 83.3 Å². The van der Waals surface area contributed by atoms with E-state index in [0.717, 1.165) is 5.56 Å². The van der Waals surface area contributed by atoms with Crippen LogP contribution in [-0.4, -0.2) is 20.1 Å². The lowest BCUT2D eigenvalue weighted by Gasteiger charge is -2.20. The first-order chi connectivity index (χ1) is 12.7. The van der Waals surface area contributed by atoms with E-state index in [9.17, 15) is 9.59 Å². The van der Waals surface area contributed by atoms with E-state index in [1.807, 2.05) is 48.0 Å². The Kier molecular flexibility index (Phi) is 5.48. The minimum atomic E-state index is -0.333. The van der Waals surface area contributed by atoms with E-state index in [0.29, 0.717) is 18.8 Å². The highest BCUT2D eigenvalue weighted by Crippen LogP contribution is 2.15. The number of aromatic nitrogens is 3. The highest BCUT2D eigenvalue weighted by Gasteiger charge is 2.15. The van der Waals surface area contributed by atoms with Crippen molar-refractivity contribution in [3.8, 4) is 0 Å². The third-order valence-corrected chi connectivity index (χ3v) is 4.04. The van der Waals surface area contributed by atoms with Crippen LogP contribution >= 0.6 is 0 Å². The normalized spacial score (nSPS) is 11.7. The van der Waals surface area contributed by atoms with Crippen LogP contribution in [0.15, 0.2) is 72.2 Å². The Bertz CT molecular complexity index is 903. The number of carbonyl (C=O) groups excluding carboxylic acids is 1. The van der Waals surface area contributed by atoms with Crippen LogP contribution in [0, 0.1) is 0 Å². The molecule has 7 heteroatoms. The molecule has 2 heterocycles. The fraction of sp³-hybridized carbons (Fsp3) is 0.211. The Morgan fingerprint density at radius 1 is 1.19 bits per heavy atom. The summed E-state index contributed by atoms with van der Waals surface area (Å²) in [6.07, 6.45) is 6.91. The van der Waals surface area contributed by atoms with Gasteiger partial charge in [0.05, 0.1) is 18.1 Å². The fourth-order valence-electron chi connectivity index (χ4n) is 2.70. The molecule has 2 N–H and O–H groups in total. The van der Waals surface area contributed by atoms with E-state index < -0.39 is 0 Å². The predicted molar refractivity (Wildman–Crippen MR) is 99.9 cm³/mol. The zero-order valence-corrected chi connectivity index (χ0v) is 14.5. The van der Waals surface area contributed by atoms with Crippen LogP contribution in [0.25, 0.3) is 0 Å². The Balaban J connectivity index is 1.73. The molecular formula is C19H21N5O2. The Morgan fingerprint density at radius 3 is 2.69 bits per heavy atom. The summed E-state index contributed by atoms with van der Waals surface area (Å²) in [4.78, 5) is 28.2. The Morgan fingerprint density at radius 2 is 2.00 bits per heavy atom. The molecule has 26 heavy (non-hydrogen) atoms. The molecule has 0 aliphatic rings. The van der Waals surface area contributed by atoms with Gasteiger partial charge in [-0.1, -0.05) is 30.3 Å². The first-order valence-corrected chi connectivity index (χ1v) is 8.44. The zero-order chi connectivity index (χ0) is 18.4. The highest BCUT2D eigenvalue weighted by atomic mass is 16.2. The summed E-state index contributed by atoms with van der Waals surface area (Å²) in [5, 5.41) is 5.78. The molecule has 0 aliphatic heterocycles. The number of pyridine rings is 1. The minimum Gasteiger partial charge on any atom is -0.335 e. The predicted octanol–water partition coefficient (Wildman–Crippen LogP) is 2.63. The number of nitrogens with zero attached hydrogens (tertiary/aromatic N) is 3. The topological polar surface area (TPSA) is 81.0 Å². The number of benzene rings is 1. The number of anilines is 1. The summed E-state index contributed by atoms with van der Waals surface area (Å²) in [5.41, 5.74) is 1.47. The second-order valence-corrected chi connectivity index (χ2v) is 5.86. The lowest BCUT2D eigenvalue weighted by Crippen LogP contribution is -2.35. The summed E-state index contributed by atoms with van der Waals surface area (Å²) < 4.78 is 3.45. The number of hydrogen-bond donors (Lipinski definition) is 2. The van der Waals surface area contributed by atoms with Crippen molar-refractivity contribution in [2.24, 2.45) is 0 Å². The maximum atomic E-state index is 12.5. The smallest absolute Gasteiger partial charge is 0.319 e. The quantitative estimate of drug-likeness (QED) is 0.716. The van der Waals surface area contributed by atoms with E-state index in [-0.39, 0.29) is 17.6 Å². The van der Waals surface area contributed by atoms with Gasteiger partial charge in [0, 0.05) is 37.7 Å². The van der Waals surface area contributed by atoms with Gasteiger partial charge in [-0.3, -0.25) is 4.79 Å². The molecule has 1 aromatic carbocycles. The number of amides is 2. The average Bonchev–Trinajstić information content (AvgIpc) is 3.16. The molecule has 3 rings (SSSR count). The molecule has 0 aliphatic carbocycles. The molecule has 134 valence electrons. The summed E-state index contributed by atoms with van der Waals surface area (Å²) in [6, 6.07) is 12.2. The molecule has 2 amide bonds. The van der Waals surface area contributed by atoms with Gasteiger partial charge < -0.3 is 19.8 Å². The molecule has 2 aromatic heterocycles. The van der Waals surface area contributed by atoms with Gasteiger partial charge in [-0.05, 0) is 18.6 Å². The standard InChI is InChI=1S/C19H21N5O2/c1-2-24-12-16(8-9-18(24)25)21-19(26)22-17(13-23-11-10-20-14-23)15-6-4-3-5-7-15/h3-12,14,17H,2,13H2,1H3,(H2,21,22,26). The van der Waals surface area contributed by atoms with Crippen LogP contribution in [0.4, 0.5) is 10.5 Å². The van der Waals surface area contributed by atoms with E-state index >= 15 is 0 Å². The largest absolute Gasteiger partial charge is 0.335 e. The van der Waals surface area contributed by atoms with Gasteiger partial charge in [0.2, 0.25) is 0 Å². The van der Waals surface area contributed by atoms with Crippen molar-refractivity contribution in [1.82, 2.24) is 19.4 Å². The Labute approximate surface area is 151 Å². The second-order valence-electron chi connectivity index (χ2n) is 5.86. The van der Waals surface area contributed by atoms with Crippen molar-refractivity contribution >= 4 is 11.7 Å². The van der Waals surface area contributed by atoms with Crippen LogP contribution in [-0.2, 0) is 13.1 Å². The SMILES string of the molecule is CCn1cc(NC(=O)NC(Cn2ccnc2)c2ccccc2)ccc1=O. The molecule has 1 atom stereocenters. The summed E-state index contributed by atoms with van der Waals surface area (Å²) in [6.45, 7) is 2.98. The first kappa shape index (κ1) is 17.5. The van der Waals surface area contributed by atoms with Gasteiger partial charge in [0.1, 0.15) is 0 Å². The third-order valence-electron chi connectivity index (χ3n) is 4.04. The van der Waals surface area contributed by atoms with Crippen molar-refractivity contribution in [2.75, 3.05) is 5.32 Å². The van der Waals surface area contributed by atoms with Gasteiger partial charge in [-0.2, -0.15) is 0 Å². The lowest BCUT2D eigenvalue weighted by atomic mass is 10.1. The number of hydrogen-bond acceptors (Lipinski definition) is 3. The van der Waals surface area contributed by atoms with Gasteiger partial charge in [0.25, 0.3) is 5.56 Å². The van der Waals surface area contributed by atoms with Crippen molar-refractivity contribution in [2.45, 2.75) is 26.1 Å². The van der Waals surface area contributed by atoms with Gasteiger partial charge in [-0.15, -0.1) is 0 Å². The third kappa shape index (κ3) is 4.38. The fourth-order valence-corrected chi connectivity index (χ4v) is 2.70. The Hall–Kier alpha value is -3.35. The monoisotopic (exact) mass is 351 g/mol. The number of nitrogens with one attached hydrogen (secondary N) is 2. The van der Waals surface area contributed by atoms with E-state index in [1.165, 1.54) is 10.6 Å². The van der Waals surface area contributed by atoms with Crippen LogP contribution in [0.2, 0.25) is 0 Å². The molecule has 0 spiro atoms. The molecule has 0 bridgehead atoms. The highest BCUT2D eigenvalue weighted by molar-refractivity contribution is 5.89. The van der Waals surface area contributed by atoms with Crippen molar-refractivity contribution in [1.29, 1.82) is 0 Å². The number of imidazole rings is 1. The van der Waals surface area contributed by atoms with E-state index in [1.54, 1.807) is 24.8 Å². The first-order valence-electron chi connectivity index (χ1n) is 8.44. The van der Waals surface area contributed by atoms with Crippen molar-refractivity contribution < 1.29 is 4.79 Å². The summed E-state index contributed by atoms with van der Waals surface area (Å²) >= 11 is 0. The molecule has 7 nitrogen and oxygen atoms in total. The average molecular weight is 351 g/mol. The van der Waals surface area contributed by atoms with Crippen molar-refractivity contribution in [3.63, 3.8) is 0 Å². The van der Waals surface area contributed by atoms with E-state index in [2.05, 4.69) is 15.6 Å². The maximum Gasteiger partial charge on any atom is 0.319 e. The van der Waals surface area contributed by atoms with Crippen LogP contribution in [0.1, 0.15) is 18.5 Å². The second kappa shape index (κ2) is 8.15. The molecular weight excluding hydrogens is 330 g/mol. The molecule has 0 fully saturated rings. The van der Waals surface area contributed by atoms with Crippen LogP contribution in [0.5, 0.6) is 0 Å². The lowest BCUT2D eigenvalue weighted by molar-refractivity contribution is 0.247. The van der Waals surface area contributed by atoms with Crippen LogP contribution < -0.4 is 16.2 Å². The number of urea groups is 1. The van der Waals surface area contributed by atoms with Gasteiger partial charge >= 0.3 is 6.03 Å². The number of carbonyl (C=O) groups is 1. The summed E-state index contributed by atoms with van der Waals surface area (Å²) in [7, 11) is 0. The minimum absolute atomic E-state index is 0.0965. The zero-order valence-electron chi connectivity index (χ0n) is 14.5. The molecule has 1 unspecified atom stereocenters. The number of aryl methyl sites for hydroxylation is 1. The maximum absolute atomic E-state index is 12.5. The summed E-state index contributed by atoms with van der Waals surface area (Å²) in [5.74, 6) is 0. The molecule has 0 saturated carbocycles. The molecule has 3 aromatic rings.